The van der Waals surface area contributed by atoms with E-state index in [2.05, 4.69) is 60.5 Å². The van der Waals surface area contributed by atoms with Gasteiger partial charge in [-0.2, -0.15) is 10.2 Å². The molecular weight excluding hydrogens is 494 g/mol. The van der Waals surface area contributed by atoms with Gasteiger partial charge >= 0.3 is 0 Å². The lowest BCUT2D eigenvalue weighted by Gasteiger charge is -2.36. The van der Waals surface area contributed by atoms with E-state index in [1.807, 2.05) is 0 Å². The first-order chi connectivity index (χ1) is 17.1. The molecule has 36 heavy (non-hydrogen) atoms. The molecule has 2 atom stereocenters. The Labute approximate surface area is 219 Å². The van der Waals surface area contributed by atoms with Gasteiger partial charge < -0.3 is 24.5 Å². The van der Waals surface area contributed by atoms with Crippen molar-refractivity contribution in [1.29, 1.82) is 5.26 Å². The second-order valence-electron chi connectivity index (χ2n) is 11.1. The van der Waals surface area contributed by atoms with Crippen molar-refractivity contribution >= 4 is 31.4 Å². The summed E-state index contributed by atoms with van der Waals surface area (Å²) in [5.74, 6) is 1.30. The number of nitrogens with one attached hydrogen (secondary N) is 2. The molecule has 4 rings (SSSR count). The van der Waals surface area contributed by atoms with Crippen molar-refractivity contribution in [2.45, 2.75) is 82.8 Å². The Kier molecular flexibility index (Phi) is 8.10. The third-order valence-corrected chi connectivity index (χ3v) is 12.3. The molecule has 3 heterocycles. The summed E-state index contributed by atoms with van der Waals surface area (Å²) in [5.41, 5.74) is 1.10. The predicted molar refractivity (Wildman–Crippen MR) is 144 cm³/mol. The zero-order valence-electron chi connectivity index (χ0n) is 21.7. The van der Waals surface area contributed by atoms with Gasteiger partial charge in [-0.25, -0.2) is 4.98 Å². The maximum atomic E-state index is 9.15. The molecule has 2 saturated heterocycles. The van der Waals surface area contributed by atoms with Gasteiger partial charge in [-0.15, -0.1) is 0 Å². The van der Waals surface area contributed by atoms with Crippen LogP contribution in [0.25, 0.3) is 0 Å². The molecule has 0 spiro atoms. The highest BCUT2D eigenvalue weighted by Crippen LogP contribution is 2.39. The summed E-state index contributed by atoms with van der Waals surface area (Å²) in [7, 11) is -1.90. The summed E-state index contributed by atoms with van der Waals surface area (Å²) in [4.78, 5) is 8.86. The SMILES string of the molecule is CC(C)(C)[Si](C)(C)OCCOc1c(Nc2ccc(C#N)cc2Cl)ncnc1OC1CC2CCC(C1)N2. The summed E-state index contributed by atoms with van der Waals surface area (Å²) >= 11 is 6.41. The second kappa shape index (κ2) is 10.9. The molecule has 2 aliphatic heterocycles. The molecule has 2 fully saturated rings. The van der Waals surface area contributed by atoms with E-state index in [9.17, 15) is 0 Å². The van der Waals surface area contributed by atoms with Gasteiger partial charge in [-0.05, 0) is 62.0 Å². The lowest BCUT2D eigenvalue weighted by Crippen LogP contribution is -2.42. The first-order valence-electron chi connectivity index (χ1n) is 12.6. The van der Waals surface area contributed by atoms with Gasteiger partial charge in [0.05, 0.1) is 28.9 Å². The second-order valence-corrected chi connectivity index (χ2v) is 16.3. The van der Waals surface area contributed by atoms with Crippen molar-refractivity contribution in [1.82, 2.24) is 15.3 Å². The van der Waals surface area contributed by atoms with Crippen LogP contribution in [0.15, 0.2) is 24.5 Å². The molecule has 10 heteroatoms. The first-order valence-corrected chi connectivity index (χ1v) is 15.9. The van der Waals surface area contributed by atoms with E-state index in [-0.39, 0.29) is 11.1 Å². The van der Waals surface area contributed by atoms with E-state index in [0.29, 0.717) is 59.0 Å². The van der Waals surface area contributed by atoms with Gasteiger partial charge in [0.15, 0.2) is 14.1 Å². The highest BCUT2D eigenvalue weighted by Gasteiger charge is 2.37. The normalized spacial score (nSPS) is 21.6. The number of aromatic nitrogens is 2. The quantitative estimate of drug-likeness (QED) is 0.310. The Bertz CT molecular complexity index is 1110. The maximum absolute atomic E-state index is 9.15. The minimum Gasteiger partial charge on any atom is -0.483 e. The average molecular weight is 530 g/mol. The lowest BCUT2D eigenvalue weighted by atomic mass is 10.0. The number of piperidine rings is 1. The van der Waals surface area contributed by atoms with Gasteiger partial charge in [-0.3, -0.25) is 0 Å². The van der Waals surface area contributed by atoms with Crippen LogP contribution < -0.4 is 20.1 Å². The van der Waals surface area contributed by atoms with Crippen molar-refractivity contribution < 1.29 is 13.9 Å². The fourth-order valence-corrected chi connectivity index (χ4v) is 5.64. The Morgan fingerprint density at radius 2 is 1.89 bits per heavy atom. The monoisotopic (exact) mass is 529 g/mol. The Hall–Kier alpha value is -2.38. The summed E-state index contributed by atoms with van der Waals surface area (Å²) in [5, 5.41) is 16.6. The van der Waals surface area contributed by atoms with Crippen LogP contribution in [0.2, 0.25) is 23.2 Å². The summed E-state index contributed by atoms with van der Waals surface area (Å²) in [6.07, 6.45) is 5.79. The molecule has 0 amide bonds. The van der Waals surface area contributed by atoms with Gasteiger partial charge in [0.25, 0.3) is 5.88 Å². The molecule has 0 saturated carbocycles. The fraction of sp³-hybridized carbons (Fsp3) is 0.577. The minimum atomic E-state index is -1.90. The van der Waals surface area contributed by atoms with Crippen molar-refractivity contribution in [2.75, 3.05) is 18.5 Å². The van der Waals surface area contributed by atoms with E-state index >= 15 is 0 Å². The largest absolute Gasteiger partial charge is 0.483 e. The number of halogens is 1. The topological polar surface area (TPSA) is 101 Å². The molecule has 8 nitrogen and oxygen atoms in total. The fourth-order valence-electron chi connectivity index (χ4n) is 4.39. The average Bonchev–Trinajstić information content (AvgIpc) is 3.16. The van der Waals surface area contributed by atoms with Crippen LogP contribution in [0.5, 0.6) is 11.6 Å². The van der Waals surface area contributed by atoms with Gasteiger partial charge in [-0.1, -0.05) is 32.4 Å². The van der Waals surface area contributed by atoms with E-state index in [1.54, 1.807) is 18.2 Å². The van der Waals surface area contributed by atoms with Crippen molar-refractivity contribution in [2.24, 2.45) is 0 Å². The Morgan fingerprint density at radius 3 is 2.53 bits per heavy atom. The van der Waals surface area contributed by atoms with Crippen LogP contribution in [-0.2, 0) is 4.43 Å². The van der Waals surface area contributed by atoms with E-state index < -0.39 is 8.32 Å². The summed E-state index contributed by atoms with van der Waals surface area (Å²) in [6, 6.07) is 8.14. The van der Waals surface area contributed by atoms with Crippen molar-refractivity contribution in [3.63, 3.8) is 0 Å². The minimum absolute atomic E-state index is 0.0656. The molecule has 2 aliphatic rings. The predicted octanol–water partition coefficient (Wildman–Crippen LogP) is 5.81. The molecule has 2 unspecified atom stereocenters. The van der Waals surface area contributed by atoms with E-state index in [0.717, 1.165) is 12.8 Å². The van der Waals surface area contributed by atoms with Crippen molar-refractivity contribution in [3.8, 4) is 17.7 Å². The molecular formula is C26H36ClN5O3Si. The lowest BCUT2D eigenvalue weighted by molar-refractivity contribution is 0.122. The number of benzene rings is 1. The third-order valence-electron chi connectivity index (χ3n) is 7.43. The molecule has 1 aromatic carbocycles. The molecule has 194 valence electrons. The third kappa shape index (κ3) is 6.29. The number of rotatable bonds is 9. The van der Waals surface area contributed by atoms with E-state index in [1.165, 1.54) is 19.2 Å². The van der Waals surface area contributed by atoms with Crippen LogP contribution in [0.3, 0.4) is 0 Å². The van der Waals surface area contributed by atoms with Crippen LogP contribution in [0, 0.1) is 11.3 Å². The molecule has 0 aliphatic carbocycles. The molecule has 0 radical (unpaired) electrons. The molecule has 2 bridgehead atoms. The molecule has 2 N–H and O–H groups in total. The summed E-state index contributed by atoms with van der Waals surface area (Å²) < 4.78 is 18.9. The highest BCUT2D eigenvalue weighted by atomic mass is 35.5. The highest BCUT2D eigenvalue weighted by molar-refractivity contribution is 6.74. The van der Waals surface area contributed by atoms with Gasteiger partial charge in [0.2, 0.25) is 5.75 Å². The molecule has 2 aromatic rings. The van der Waals surface area contributed by atoms with Crippen LogP contribution in [0.4, 0.5) is 11.5 Å². The Balaban J connectivity index is 1.53. The van der Waals surface area contributed by atoms with Crippen LogP contribution >= 0.6 is 11.6 Å². The van der Waals surface area contributed by atoms with E-state index in [4.69, 9.17) is 30.8 Å². The van der Waals surface area contributed by atoms with Crippen LogP contribution in [-0.4, -0.2) is 49.7 Å². The first kappa shape index (κ1) is 26.7. The number of anilines is 2. The van der Waals surface area contributed by atoms with Gasteiger partial charge in [0, 0.05) is 12.1 Å². The zero-order chi connectivity index (χ0) is 25.9. The van der Waals surface area contributed by atoms with Gasteiger partial charge in [0.1, 0.15) is 19.0 Å². The number of hydrogen-bond donors (Lipinski definition) is 2. The van der Waals surface area contributed by atoms with Crippen LogP contribution in [0.1, 0.15) is 52.0 Å². The summed E-state index contributed by atoms with van der Waals surface area (Å²) in [6.45, 7) is 11.9. The van der Waals surface area contributed by atoms with Crippen molar-refractivity contribution in [3.05, 3.63) is 35.1 Å². The Morgan fingerprint density at radius 1 is 1.17 bits per heavy atom. The molecule has 1 aromatic heterocycles. The zero-order valence-corrected chi connectivity index (χ0v) is 23.5. The number of hydrogen-bond acceptors (Lipinski definition) is 8. The smallest absolute Gasteiger partial charge is 0.262 e. The number of nitriles is 1. The number of fused-ring (bicyclic) bond motifs is 2. The number of ether oxygens (including phenoxy) is 2. The standard InChI is InChI=1S/C26H36ClN5O3Si/c1-26(2,3)36(4,5)34-11-10-33-23-24(32-22-9-6-17(15-28)12-21(22)27)29-16-30-25(23)35-20-13-18-7-8-19(14-20)31-18/h6,9,12,16,18-20,31H,7-8,10-11,13-14H2,1-5H3,(H,29,30,32). The maximum Gasteiger partial charge on any atom is 0.262 e. The number of nitrogens with zero attached hydrogens (tertiary/aromatic N) is 3.